The van der Waals surface area contributed by atoms with Gasteiger partial charge in [-0.2, -0.15) is 0 Å². The summed E-state index contributed by atoms with van der Waals surface area (Å²) in [4.78, 5) is 43.0. The summed E-state index contributed by atoms with van der Waals surface area (Å²) in [5, 5.41) is 0. The summed E-state index contributed by atoms with van der Waals surface area (Å²) in [7, 11) is 0. The van der Waals surface area contributed by atoms with Crippen LogP contribution in [0.5, 0.6) is 0 Å². The number of hydrogen-bond acceptors (Lipinski definition) is 12. The number of esters is 2. The highest BCUT2D eigenvalue weighted by Gasteiger charge is 2.37. The molecule has 0 aliphatic heterocycles. The number of amides is 1. The van der Waals surface area contributed by atoms with Crippen LogP contribution in [0.15, 0.2) is 91.0 Å². The molecule has 0 aliphatic carbocycles. The molecule has 13 nitrogen and oxygen atoms in total. The van der Waals surface area contributed by atoms with Gasteiger partial charge in [-0.05, 0) is 100 Å². The number of carbonyl (C=O) groups is 3. The highest BCUT2D eigenvalue weighted by Crippen LogP contribution is 2.40. The molecule has 0 radical (unpaired) electrons. The zero-order valence-corrected chi connectivity index (χ0v) is 63.8. The van der Waals surface area contributed by atoms with Crippen molar-refractivity contribution >= 4 is 17.8 Å². The van der Waals surface area contributed by atoms with Gasteiger partial charge in [-0.1, -0.05) is 299 Å². The van der Waals surface area contributed by atoms with E-state index in [0.717, 1.165) is 126 Å². The summed E-state index contributed by atoms with van der Waals surface area (Å²) in [6.45, 7) is 17.0. The maximum absolute atomic E-state index is 14.6. The largest absolute Gasteiger partial charge is 0.462 e. The predicted molar refractivity (Wildman–Crippen MR) is 408 cm³/mol. The third-order valence-corrected chi connectivity index (χ3v) is 19.0. The van der Waals surface area contributed by atoms with E-state index in [1.165, 1.54) is 148 Å². The normalized spacial score (nSPS) is 12.1. The molecule has 0 fully saturated rings. The minimum atomic E-state index is -0.791. The van der Waals surface area contributed by atoms with Crippen molar-refractivity contribution in [2.24, 2.45) is 0 Å². The van der Waals surface area contributed by atoms with E-state index in [4.69, 9.17) is 42.6 Å². The first-order valence-corrected chi connectivity index (χ1v) is 40.8. The molecule has 0 aromatic heterocycles. The van der Waals surface area contributed by atoms with Crippen molar-refractivity contribution in [1.29, 1.82) is 0 Å². The zero-order valence-electron chi connectivity index (χ0n) is 63.8. The van der Waals surface area contributed by atoms with Crippen molar-refractivity contribution in [1.82, 2.24) is 4.90 Å². The summed E-state index contributed by atoms with van der Waals surface area (Å²) >= 11 is 0. The van der Waals surface area contributed by atoms with Gasteiger partial charge in [0, 0.05) is 39.1 Å². The fourth-order valence-corrected chi connectivity index (χ4v) is 13.0. The van der Waals surface area contributed by atoms with E-state index in [1.54, 1.807) is 0 Å². The quantitative estimate of drug-likeness (QED) is 0.0302. The molecule has 0 aliphatic rings. The van der Waals surface area contributed by atoms with Crippen molar-refractivity contribution < 1.29 is 57.0 Å². The van der Waals surface area contributed by atoms with E-state index in [2.05, 4.69) is 107 Å². The Morgan fingerprint density at radius 1 is 0.323 bits per heavy atom. The Labute approximate surface area is 605 Å². The molecule has 0 saturated heterocycles. The molecule has 566 valence electrons. The second kappa shape index (κ2) is 64.6. The topological polar surface area (TPSA) is 138 Å². The summed E-state index contributed by atoms with van der Waals surface area (Å²) in [5.41, 5.74) is 2.37. The molecule has 0 spiro atoms. The van der Waals surface area contributed by atoms with Crippen LogP contribution in [0.3, 0.4) is 0 Å². The summed E-state index contributed by atoms with van der Waals surface area (Å²) in [6, 6.07) is 31.1. The number of hydrogen-bond donors (Lipinski definition) is 0. The van der Waals surface area contributed by atoms with Crippen LogP contribution in [0, 0.1) is 0 Å². The van der Waals surface area contributed by atoms with E-state index >= 15 is 0 Å². The first-order valence-electron chi connectivity index (χ1n) is 40.8. The first kappa shape index (κ1) is 89.0. The van der Waals surface area contributed by atoms with E-state index in [1.807, 2.05) is 23.1 Å². The van der Waals surface area contributed by atoms with Gasteiger partial charge in [-0.15, -0.1) is 0 Å². The lowest BCUT2D eigenvalue weighted by molar-refractivity contribution is -0.151. The molecule has 13 heteroatoms. The Morgan fingerprint density at radius 2 is 0.646 bits per heavy atom. The molecule has 3 aromatic carbocycles. The molecule has 0 saturated carbocycles. The number of benzene rings is 3. The van der Waals surface area contributed by atoms with Crippen LogP contribution in [0.4, 0.5) is 0 Å². The van der Waals surface area contributed by atoms with Gasteiger partial charge in [0.1, 0.15) is 17.8 Å². The van der Waals surface area contributed by atoms with Crippen LogP contribution in [0.1, 0.15) is 321 Å². The molecule has 1 unspecified atom stereocenters. The second-order valence-electron chi connectivity index (χ2n) is 27.7. The fraction of sp³-hybridized carbons (Fsp3) is 0.756. The average Bonchev–Trinajstić information content (AvgIpc) is 0.762. The van der Waals surface area contributed by atoms with Gasteiger partial charge in [-0.3, -0.25) is 14.4 Å². The van der Waals surface area contributed by atoms with Crippen LogP contribution in [-0.2, 0) is 62.6 Å². The number of carbonyl (C=O) groups excluding carboxylic acids is 3. The van der Waals surface area contributed by atoms with Gasteiger partial charge in [0.25, 0.3) is 5.91 Å². The molecule has 3 rings (SSSR count). The summed E-state index contributed by atoms with van der Waals surface area (Å²) in [6.07, 6.45) is 44.8. The van der Waals surface area contributed by atoms with Crippen molar-refractivity contribution in [2.75, 3.05) is 92.4 Å². The lowest BCUT2D eigenvalue weighted by Crippen LogP contribution is -2.45. The maximum atomic E-state index is 14.6. The third-order valence-electron chi connectivity index (χ3n) is 19.0. The number of rotatable bonds is 72. The van der Waals surface area contributed by atoms with Crippen LogP contribution in [-0.4, -0.2) is 133 Å². The van der Waals surface area contributed by atoms with Gasteiger partial charge >= 0.3 is 11.9 Å². The van der Waals surface area contributed by atoms with Crippen molar-refractivity contribution in [3.63, 3.8) is 0 Å². The van der Waals surface area contributed by atoms with Crippen LogP contribution in [0.25, 0.3) is 0 Å². The number of unbranched alkanes of at least 4 members (excludes halogenated alkanes) is 29. The minimum absolute atomic E-state index is 0.00703. The Hall–Kier alpha value is -4.21. The first-order chi connectivity index (χ1) is 48.8. The second-order valence-corrected chi connectivity index (χ2v) is 27.7. The van der Waals surface area contributed by atoms with Crippen molar-refractivity contribution in [3.8, 4) is 0 Å². The number of nitrogens with zero attached hydrogens (tertiary/aromatic N) is 1. The molecule has 0 heterocycles. The standard InChI is InChI=1S/C86H145NO12/c1-6-11-16-21-26-42-57-80(58-43-27-22-17-12-7-2)98-83(88)61-46-34-49-65-95-76-82(96-66-50-35-47-62-84(89)99-81(59-44-28-23-18-13-8-3)60-45-29-24-19-14-9-4)85(90)87(63-48-30-25-20-15-10-5)64-67-91-68-69-92-70-71-93-72-73-94-74-75-97-86(77-51-36-31-37-52-77,78-53-38-32-39-54-78)79-55-40-33-41-56-79/h31-33,36-41,51-56,80-82H,6-30,34-35,42-50,57-76H2,1-5H3. The molecule has 1 amide bonds. The molecule has 0 bridgehead atoms. The van der Waals surface area contributed by atoms with Crippen LogP contribution < -0.4 is 0 Å². The van der Waals surface area contributed by atoms with Gasteiger partial charge < -0.3 is 47.5 Å². The zero-order chi connectivity index (χ0) is 70.8. The molecule has 3 aromatic rings. The lowest BCUT2D eigenvalue weighted by atomic mass is 9.80. The third kappa shape index (κ3) is 45.5. The minimum Gasteiger partial charge on any atom is -0.462 e. The number of ether oxygens (including phenoxy) is 9. The molecule has 99 heavy (non-hydrogen) atoms. The van der Waals surface area contributed by atoms with Gasteiger partial charge in [-0.25, -0.2) is 0 Å². The van der Waals surface area contributed by atoms with Crippen LogP contribution in [0.2, 0.25) is 0 Å². The van der Waals surface area contributed by atoms with E-state index in [-0.39, 0.29) is 36.7 Å². The summed E-state index contributed by atoms with van der Waals surface area (Å²) in [5.74, 6) is -0.254. The lowest BCUT2D eigenvalue weighted by Gasteiger charge is -2.36. The van der Waals surface area contributed by atoms with Gasteiger partial charge in [0.2, 0.25) is 0 Å². The molecular weight excluding hydrogens is 1240 g/mol. The average molecular weight is 1390 g/mol. The predicted octanol–water partition coefficient (Wildman–Crippen LogP) is 21.6. The Morgan fingerprint density at radius 3 is 1.03 bits per heavy atom. The molecule has 1 atom stereocenters. The van der Waals surface area contributed by atoms with Crippen LogP contribution >= 0.6 is 0 Å². The van der Waals surface area contributed by atoms with Crippen molar-refractivity contribution in [2.45, 2.75) is 328 Å². The highest BCUT2D eigenvalue weighted by atomic mass is 16.6. The summed E-state index contributed by atoms with van der Waals surface area (Å²) < 4.78 is 55.7. The smallest absolute Gasteiger partial charge is 0.306 e. The molecule has 0 N–H and O–H groups in total. The Bertz CT molecular complexity index is 2130. The van der Waals surface area contributed by atoms with Crippen molar-refractivity contribution in [3.05, 3.63) is 108 Å². The molecular formula is C86H145NO12. The highest BCUT2D eigenvalue weighted by molar-refractivity contribution is 5.81. The fourth-order valence-electron chi connectivity index (χ4n) is 13.0. The van der Waals surface area contributed by atoms with E-state index in [9.17, 15) is 14.4 Å². The SMILES string of the molecule is CCCCCCCCC(CCCCCCCC)OC(=O)CCCCCOCC(OCCCCCC(=O)OC(CCCCCCCC)CCCCCCCC)C(=O)N(CCCCCCCC)CCOCCOCCOCCOCCOC(c1ccccc1)(c1ccccc1)c1ccccc1. The van der Waals surface area contributed by atoms with E-state index in [0.29, 0.717) is 98.6 Å². The van der Waals surface area contributed by atoms with Gasteiger partial charge in [0.05, 0.1) is 66.1 Å². The van der Waals surface area contributed by atoms with Gasteiger partial charge in [0.15, 0.2) is 6.10 Å². The van der Waals surface area contributed by atoms with E-state index < -0.39 is 11.7 Å². The Kier molecular flexibility index (Phi) is 58.1. The Balaban J connectivity index is 1.52. The maximum Gasteiger partial charge on any atom is 0.306 e. The monoisotopic (exact) mass is 1380 g/mol.